The van der Waals surface area contributed by atoms with Crippen LogP contribution in [0.4, 0.5) is 5.69 Å². The number of hydrogen-bond donors (Lipinski definition) is 0. The van der Waals surface area contributed by atoms with E-state index in [-0.39, 0.29) is 24.3 Å². The van der Waals surface area contributed by atoms with Gasteiger partial charge in [0.2, 0.25) is 5.91 Å². The first kappa shape index (κ1) is 22.1. The second-order valence-corrected chi connectivity index (χ2v) is 9.43. The lowest BCUT2D eigenvalue weighted by Gasteiger charge is -2.18. The minimum absolute atomic E-state index is 0.0374. The molecule has 0 radical (unpaired) electrons. The van der Waals surface area contributed by atoms with Crippen LogP contribution in [0, 0.1) is 0 Å². The van der Waals surface area contributed by atoms with Gasteiger partial charge in [-0.05, 0) is 42.0 Å². The highest BCUT2D eigenvalue weighted by Gasteiger charge is 2.36. The number of likely N-dealkylation sites (N-methyl/N-ethyl adjacent to an activating group) is 1. The van der Waals surface area contributed by atoms with Crippen molar-refractivity contribution in [1.82, 2.24) is 14.8 Å². The average Bonchev–Trinajstić information content (AvgIpc) is 3.56. The van der Waals surface area contributed by atoms with E-state index in [0.29, 0.717) is 36.5 Å². The van der Waals surface area contributed by atoms with E-state index in [9.17, 15) is 14.4 Å². The zero-order chi connectivity index (χ0) is 23.8. The van der Waals surface area contributed by atoms with Gasteiger partial charge in [0.05, 0.1) is 0 Å². The molecule has 1 unspecified atom stereocenters. The number of benzene rings is 2. The summed E-state index contributed by atoms with van der Waals surface area (Å²) >= 11 is 1.57. The number of anilines is 1. The molecule has 0 aliphatic carbocycles. The van der Waals surface area contributed by atoms with Gasteiger partial charge in [0.1, 0.15) is 17.3 Å². The summed E-state index contributed by atoms with van der Waals surface area (Å²) in [6.45, 7) is 0.941. The van der Waals surface area contributed by atoms with Gasteiger partial charge in [0, 0.05) is 62.0 Å². The van der Waals surface area contributed by atoms with Crippen LogP contribution >= 0.6 is 11.3 Å². The van der Waals surface area contributed by atoms with Gasteiger partial charge in [0.15, 0.2) is 6.10 Å². The van der Waals surface area contributed by atoms with Crippen molar-refractivity contribution in [2.45, 2.75) is 19.1 Å². The summed E-state index contributed by atoms with van der Waals surface area (Å²) < 4.78 is 5.98. The summed E-state index contributed by atoms with van der Waals surface area (Å²) in [6.07, 6.45) is 1.74. The van der Waals surface area contributed by atoms with E-state index in [2.05, 4.69) is 4.98 Å². The summed E-state index contributed by atoms with van der Waals surface area (Å²) in [5.41, 5.74) is 3.08. The smallest absolute Gasteiger partial charge is 0.268 e. The van der Waals surface area contributed by atoms with Gasteiger partial charge in [-0.15, -0.1) is 11.3 Å². The predicted octanol–water partition coefficient (Wildman–Crippen LogP) is 3.04. The number of thiazole rings is 1. The number of aromatic nitrogens is 1. The third-order valence-electron chi connectivity index (χ3n) is 6.08. The number of hydrogen-bond acceptors (Lipinski definition) is 6. The molecule has 5 rings (SSSR count). The topological polar surface area (TPSA) is 83.1 Å². The fraction of sp³-hybridized carbons (Fsp3) is 0.280. The van der Waals surface area contributed by atoms with E-state index in [1.807, 2.05) is 41.8 Å². The van der Waals surface area contributed by atoms with Gasteiger partial charge < -0.3 is 19.4 Å². The Hall–Kier alpha value is -3.72. The summed E-state index contributed by atoms with van der Waals surface area (Å²) in [7, 11) is 3.34. The number of nitrogens with zero attached hydrogens (tertiary/aromatic N) is 4. The van der Waals surface area contributed by atoms with Gasteiger partial charge >= 0.3 is 0 Å². The third-order valence-corrected chi connectivity index (χ3v) is 6.90. The molecule has 3 heterocycles. The lowest BCUT2D eigenvalue weighted by Crippen LogP contribution is -2.36. The summed E-state index contributed by atoms with van der Waals surface area (Å²) in [5.74, 6) is 0.183. The maximum Gasteiger partial charge on any atom is 0.268 e. The highest BCUT2D eigenvalue weighted by molar-refractivity contribution is 7.13. The number of rotatable bonds is 6. The van der Waals surface area contributed by atoms with E-state index >= 15 is 0 Å². The second-order valence-electron chi connectivity index (χ2n) is 8.54. The molecule has 2 aliphatic heterocycles. The molecular formula is C25H24N4O4S. The van der Waals surface area contributed by atoms with Gasteiger partial charge in [-0.3, -0.25) is 14.4 Å². The van der Waals surface area contributed by atoms with Crippen molar-refractivity contribution < 1.29 is 19.1 Å². The van der Waals surface area contributed by atoms with Crippen LogP contribution in [0.2, 0.25) is 0 Å². The fourth-order valence-electron chi connectivity index (χ4n) is 4.18. The van der Waals surface area contributed by atoms with E-state index < -0.39 is 6.10 Å². The minimum atomic E-state index is -0.580. The van der Waals surface area contributed by atoms with Crippen LogP contribution in [0.3, 0.4) is 0 Å². The molecule has 0 saturated carbocycles. The maximum atomic E-state index is 13.1. The van der Waals surface area contributed by atoms with Crippen LogP contribution < -0.4 is 9.64 Å². The first-order valence-electron chi connectivity index (χ1n) is 11.0. The molecule has 34 heavy (non-hydrogen) atoms. The van der Waals surface area contributed by atoms with Crippen molar-refractivity contribution in [2.24, 2.45) is 0 Å². The zero-order valence-corrected chi connectivity index (χ0v) is 19.7. The standard InChI is InChI=1S/C25H24N4O4S/c1-27(2)22(30)15-28-14-17-3-6-18(13-20(17)24(28)31)29-11-9-21(25(29)32)33-19-7-4-16(5-8-19)23-26-10-12-34-23/h3-8,10,12-13,21H,9,11,14-15H2,1-2H3. The molecule has 0 N–H and O–H groups in total. The van der Waals surface area contributed by atoms with Crippen LogP contribution in [0.1, 0.15) is 22.3 Å². The molecule has 3 amide bonds. The zero-order valence-electron chi connectivity index (χ0n) is 18.9. The Morgan fingerprint density at radius 1 is 1.18 bits per heavy atom. The summed E-state index contributed by atoms with van der Waals surface area (Å²) in [5, 5.41) is 2.87. The van der Waals surface area contributed by atoms with Crippen molar-refractivity contribution in [3.63, 3.8) is 0 Å². The molecule has 8 nitrogen and oxygen atoms in total. The van der Waals surface area contributed by atoms with Gasteiger partial charge in [0.25, 0.3) is 11.8 Å². The molecule has 0 bridgehead atoms. The normalized spacial score (nSPS) is 17.3. The Labute approximate surface area is 201 Å². The number of ether oxygens (including phenoxy) is 1. The number of carbonyl (C=O) groups excluding carboxylic acids is 3. The maximum absolute atomic E-state index is 13.1. The van der Waals surface area contributed by atoms with E-state index in [0.717, 1.165) is 16.1 Å². The number of carbonyl (C=O) groups is 3. The first-order valence-corrected chi connectivity index (χ1v) is 11.9. The fourth-order valence-corrected chi connectivity index (χ4v) is 4.82. The van der Waals surface area contributed by atoms with Crippen LogP contribution in [-0.4, -0.2) is 65.8 Å². The molecule has 1 saturated heterocycles. The Kier molecular flexibility index (Phi) is 5.79. The number of fused-ring (bicyclic) bond motifs is 1. The quantitative estimate of drug-likeness (QED) is 0.546. The predicted molar refractivity (Wildman–Crippen MR) is 129 cm³/mol. The van der Waals surface area contributed by atoms with Crippen molar-refractivity contribution in [3.8, 4) is 16.3 Å². The van der Waals surface area contributed by atoms with Crippen molar-refractivity contribution in [1.29, 1.82) is 0 Å². The Morgan fingerprint density at radius 2 is 1.97 bits per heavy atom. The van der Waals surface area contributed by atoms with Gasteiger partial charge in [-0.25, -0.2) is 4.98 Å². The van der Waals surface area contributed by atoms with Gasteiger partial charge in [-0.2, -0.15) is 0 Å². The van der Waals surface area contributed by atoms with Gasteiger partial charge in [-0.1, -0.05) is 6.07 Å². The van der Waals surface area contributed by atoms with Crippen molar-refractivity contribution in [2.75, 3.05) is 32.1 Å². The highest BCUT2D eigenvalue weighted by atomic mass is 32.1. The first-order chi connectivity index (χ1) is 16.4. The van der Waals surface area contributed by atoms with Crippen LogP contribution in [0.15, 0.2) is 54.0 Å². The average molecular weight is 477 g/mol. The van der Waals surface area contributed by atoms with Crippen molar-refractivity contribution >= 4 is 34.7 Å². The highest BCUT2D eigenvalue weighted by Crippen LogP contribution is 2.31. The molecule has 174 valence electrons. The Balaban J connectivity index is 1.26. The van der Waals surface area contributed by atoms with E-state index in [4.69, 9.17) is 4.74 Å². The Bertz CT molecular complexity index is 1240. The van der Waals surface area contributed by atoms with Crippen LogP contribution in [0.25, 0.3) is 10.6 Å². The molecule has 1 atom stereocenters. The Morgan fingerprint density at radius 3 is 2.68 bits per heavy atom. The third kappa shape index (κ3) is 4.14. The monoisotopic (exact) mass is 476 g/mol. The molecule has 2 aromatic carbocycles. The van der Waals surface area contributed by atoms with Crippen molar-refractivity contribution in [3.05, 3.63) is 65.2 Å². The lowest BCUT2D eigenvalue weighted by molar-refractivity contribution is -0.129. The molecule has 0 spiro atoms. The van der Waals surface area contributed by atoms with E-state index in [1.165, 1.54) is 9.80 Å². The van der Waals surface area contributed by atoms with Crippen LogP contribution in [0.5, 0.6) is 5.75 Å². The number of amides is 3. The lowest BCUT2D eigenvalue weighted by atomic mass is 10.1. The molecule has 9 heteroatoms. The summed E-state index contributed by atoms with van der Waals surface area (Å²) in [6, 6.07) is 13.0. The largest absolute Gasteiger partial charge is 0.481 e. The molecule has 1 fully saturated rings. The molecule has 1 aromatic heterocycles. The summed E-state index contributed by atoms with van der Waals surface area (Å²) in [4.78, 5) is 46.9. The molecular weight excluding hydrogens is 452 g/mol. The molecule has 3 aromatic rings. The molecule has 2 aliphatic rings. The van der Waals surface area contributed by atoms with E-state index in [1.54, 1.807) is 42.6 Å². The van der Waals surface area contributed by atoms with Crippen LogP contribution in [-0.2, 0) is 16.1 Å². The second kappa shape index (κ2) is 8.90. The SMILES string of the molecule is CN(C)C(=O)CN1Cc2ccc(N3CCC(Oc4ccc(-c5nccs5)cc4)C3=O)cc2C1=O. The minimum Gasteiger partial charge on any atom is -0.481 e.